The maximum Gasteiger partial charge on any atom is 0.191 e. The molecule has 0 bridgehead atoms. The third-order valence-corrected chi connectivity index (χ3v) is 4.61. The van der Waals surface area contributed by atoms with Gasteiger partial charge in [-0.2, -0.15) is 11.3 Å². The number of hydrogen-bond acceptors (Lipinski definition) is 3. The normalized spacial score (nSPS) is 24.0. The lowest BCUT2D eigenvalue weighted by Crippen LogP contribution is -2.40. The summed E-state index contributed by atoms with van der Waals surface area (Å²) in [6.45, 7) is 9.82. The molecule has 1 fully saturated rings. The van der Waals surface area contributed by atoms with Gasteiger partial charge >= 0.3 is 0 Å². The lowest BCUT2D eigenvalue weighted by Gasteiger charge is -2.22. The monoisotopic (exact) mass is 309 g/mol. The first-order chi connectivity index (χ1) is 10.1. The first-order valence-corrected chi connectivity index (χ1v) is 8.75. The fourth-order valence-corrected chi connectivity index (χ4v) is 3.25. The SMILES string of the molecule is CCNC(=NCC1(C)CCCO1)NCC(C)c1ccsc1. The quantitative estimate of drug-likeness (QED) is 0.627. The molecule has 0 aromatic carbocycles. The molecule has 4 nitrogen and oxygen atoms in total. The Morgan fingerprint density at radius 2 is 2.38 bits per heavy atom. The van der Waals surface area contributed by atoms with Gasteiger partial charge in [-0.3, -0.25) is 4.99 Å². The van der Waals surface area contributed by atoms with E-state index in [9.17, 15) is 0 Å². The van der Waals surface area contributed by atoms with Crippen molar-refractivity contribution in [3.8, 4) is 0 Å². The van der Waals surface area contributed by atoms with Gasteiger partial charge < -0.3 is 15.4 Å². The summed E-state index contributed by atoms with van der Waals surface area (Å²) in [5.41, 5.74) is 1.30. The molecule has 2 N–H and O–H groups in total. The highest BCUT2D eigenvalue weighted by Gasteiger charge is 2.29. The Bertz CT molecular complexity index is 438. The van der Waals surface area contributed by atoms with Crippen molar-refractivity contribution in [2.24, 2.45) is 4.99 Å². The van der Waals surface area contributed by atoms with Crippen LogP contribution in [-0.4, -0.2) is 37.8 Å². The molecule has 0 spiro atoms. The maximum atomic E-state index is 5.79. The summed E-state index contributed by atoms with van der Waals surface area (Å²) in [7, 11) is 0. The number of nitrogens with one attached hydrogen (secondary N) is 2. The largest absolute Gasteiger partial charge is 0.373 e. The molecule has 5 heteroatoms. The number of aliphatic imine (C=N–C) groups is 1. The first-order valence-electron chi connectivity index (χ1n) is 7.81. The van der Waals surface area contributed by atoms with Crippen LogP contribution in [0.5, 0.6) is 0 Å². The third-order valence-electron chi connectivity index (χ3n) is 3.90. The van der Waals surface area contributed by atoms with E-state index in [1.807, 2.05) is 0 Å². The van der Waals surface area contributed by atoms with Crippen LogP contribution in [-0.2, 0) is 4.74 Å². The Morgan fingerprint density at radius 1 is 1.52 bits per heavy atom. The van der Waals surface area contributed by atoms with Crippen LogP contribution in [0.2, 0.25) is 0 Å². The second kappa shape index (κ2) is 7.80. The molecule has 1 aliphatic heterocycles. The van der Waals surface area contributed by atoms with Crippen molar-refractivity contribution in [3.05, 3.63) is 22.4 Å². The number of ether oxygens (including phenoxy) is 1. The van der Waals surface area contributed by atoms with Crippen molar-refractivity contribution in [1.82, 2.24) is 10.6 Å². The van der Waals surface area contributed by atoms with E-state index in [0.29, 0.717) is 5.92 Å². The van der Waals surface area contributed by atoms with Gasteiger partial charge in [0.15, 0.2) is 5.96 Å². The van der Waals surface area contributed by atoms with Crippen molar-refractivity contribution in [2.45, 2.75) is 45.1 Å². The Balaban J connectivity index is 1.86. The molecule has 1 aliphatic rings. The summed E-state index contributed by atoms with van der Waals surface area (Å²) < 4.78 is 5.79. The lowest BCUT2D eigenvalue weighted by molar-refractivity contribution is 0.0283. The molecule has 2 rings (SSSR count). The van der Waals surface area contributed by atoms with Gasteiger partial charge in [0.2, 0.25) is 0 Å². The molecule has 2 atom stereocenters. The van der Waals surface area contributed by atoms with Crippen molar-refractivity contribution >= 4 is 17.3 Å². The van der Waals surface area contributed by atoms with E-state index in [0.717, 1.165) is 45.0 Å². The topological polar surface area (TPSA) is 45.7 Å². The molecule has 2 heterocycles. The zero-order valence-electron chi connectivity index (χ0n) is 13.3. The molecule has 1 saturated heterocycles. The number of thiophene rings is 1. The minimum Gasteiger partial charge on any atom is -0.373 e. The predicted molar refractivity (Wildman–Crippen MR) is 90.3 cm³/mol. The third kappa shape index (κ3) is 5.00. The van der Waals surface area contributed by atoms with Gasteiger partial charge in [0, 0.05) is 19.7 Å². The van der Waals surface area contributed by atoms with Crippen LogP contribution in [0.15, 0.2) is 21.8 Å². The van der Waals surface area contributed by atoms with E-state index in [4.69, 9.17) is 9.73 Å². The first kappa shape index (κ1) is 16.3. The molecule has 0 amide bonds. The van der Waals surface area contributed by atoms with Gasteiger partial charge in [-0.05, 0) is 55.0 Å². The van der Waals surface area contributed by atoms with Gasteiger partial charge in [0.25, 0.3) is 0 Å². The highest BCUT2D eigenvalue weighted by Crippen LogP contribution is 2.25. The molecule has 1 aromatic heterocycles. The number of rotatable bonds is 6. The molecular formula is C16H27N3OS. The Labute approximate surface area is 132 Å². The molecule has 2 unspecified atom stereocenters. The molecule has 0 aliphatic carbocycles. The second-order valence-electron chi connectivity index (χ2n) is 5.94. The molecule has 0 radical (unpaired) electrons. The van der Waals surface area contributed by atoms with Crippen LogP contribution < -0.4 is 10.6 Å². The van der Waals surface area contributed by atoms with Crippen molar-refractivity contribution in [1.29, 1.82) is 0 Å². The van der Waals surface area contributed by atoms with Gasteiger partial charge in [-0.25, -0.2) is 0 Å². The van der Waals surface area contributed by atoms with Crippen LogP contribution in [0.4, 0.5) is 0 Å². The average Bonchev–Trinajstić information content (AvgIpc) is 3.13. The zero-order valence-corrected chi connectivity index (χ0v) is 14.1. The van der Waals surface area contributed by atoms with Crippen LogP contribution >= 0.6 is 11.3 Å². The van der Waals surface area contributed by atoms with Crippen LogP contribution in [0.1, 0.15) is 45.1 Å². The van der Waals surface area contributed by atoms with E-state index < -0.39 is 0 Å². The fourth-order valence-electron chi connectivity index (χ4n) is 2.47. The molecular weight excluding hydrogens is 282 g/mol. The minimum atomic E-state index is -0.0820. The lowest BCUT2D eigenvalue weighted by atomic mass is 10.0. The Hall–Kier alpha value is -1.07. The van der Waals surface area contributed by atoms with Crippen molar-refractivity contribution in [3.63, 3.8) is 0 Å². The molecule has 21 heavy (non-hydrogen) atoms. The fraction of sp³-hybridized carbons (Fsp3) is 0.688. The Kier molecular flexibility index (Phi) is 6.06. The van der Waals surface area contributed by atoms with Gasteiger partial charge in [0.1, 0.15) is 0 Å². The average molecular weight is 309 g/mol. The molecule has 118 valence electrons. The summed E-state index contributed by atoms with van der Waals surface area (Å²) in [4.78, 5) is 4.69. The van der Waals surface area contributed by atoms with Crippen LogP contribution in [0.25, 0.3) is 0 Å². The standard InChI is InChI=1S/C16H27N3OS/c1-4-17-15(19-12-16(3)7-5-8-20-16)18-10-13(2)14-6-9-21-11-14/h6,9,11,13H,4-5,7-8,10,12H2,1-3H3,(H2,17,18,19). The van der Waals surface area contributed by atoms with E-state index in [-0.39, 0.29) is 5.60 Å². The summed E-state index contributed by atoms with van der Waals surface area (Å²) >= 11 is 1.75. The minimum absolute atomic E-state index is 0.0820. The van der Waals surface area contributed by atoms with Crippen LogP contribution in [0.3, 0.4) is 0 Å². The number of nitrogens with zero attached hydrogens (tertiary/aromatic N) is 1. The summed E-state index contributed by atoms with van der Waals surface area (Å²) in [5.74, 6) is 1.37. The van der Waals surface area contributed by atoms with E-state index in [1.165, 1.54) is 5.56 Å². The summed E-state index contributed by atoms with van der Waals surface area (Å²) in [5, 5.41) is 11.1. The van der Waals surface area contributed by atoms with Gasteiger partial charge in [-0.1, -0.05) is 6.92 Å². The maximum absolute atomic E-state index is 5.79. The Morgan fingerprint density at radius 3 is 3.00 bits per heavy atom. The summed E-state index contributed by atoms with van der Waals surface area (Å²) in [6, 6.07) is 2.19. The smallest absolute Gasteiger partial charge is 0.191 e. The van der Waals surface area contributed by atoms with E-state index >= 15 is 0 Å². The van der Waals surface area contributed by atoms with Crippen molar-refractivity contribution in [2.75, 3.05) is 26.2 Å². The van der Waals surface area contributed by atoms with E-state index in [1.54, 1.807) is 11.3 Å². The van der Waals surface area contributed by atoms with Crippen LogP contribution in [0, 0.1) is 0 Å². The highest BCUT2D eigenvalue weighted by atomic mass is 32.1. The highest BCUT2D eigenvalue weighted by molar-refractivity contribution is 7.07. The second-order valence-corrected chi connectivity index (χ2v) is 6.72. The molecule has 1 aromatic rings. The van der Waals surface area contributed by atoms with Gasteiger partial charge in [0.05, 0.1) is 12.1 Å². The molecule has 0 saturated carbocycles. The summed E-state index contributed by atoms with van der Waals surface area (Å²) in [6.07, 6.45) is 2.24. The predicted octanol–water partition coefficient (Wildman–Crippen LogP) is 2.98. The van der Waals surface area contributed by atoms with E-state index in [2.05, 4.69) is 48.2 Å². The van der Waals surface area contributed by atoms with Crippen molar-refractivity contribution < 1.29 is 4.74 Å². The number of guanidine groups is 1. The van der Waals surface area contributed by atoms with Gasteiger partial charge in [-0.15, -0.1) is 0 Å². The zero-order chi connectivity index (χ0) is 15.1. The number of hydrogen-bond donors (Lipinski definition) is 2.